The minimum atomic E-state index is -3.71. The van der Waals surface area contributed by atoms with Gasteiger partial charge in [0.25, 0.3) is 11.8 Å². The van der Waals surface area contributed by atoms with E-state index in [9.17, 15) is 18.0 Å². The molecular formula is C19H21Cl2N3O5S. The molecule has 0 bridgehead atoms. The second-order valence-electron chi connectivity index (χ2n) is 5.98. The fourth-order valence-electron chi connectivity index (χ4n) is 2.46. The van der Waals surface area contributed by atoms with Gasteiger partial charge >= 0.3 is 0 Å². The maximum absolute atomic E-state index is 12.6. The fraction of sp³-hybridized carbons (Fsp3) is 0.263. The van der Waals surface area contributed by atoms with Crippen molar-refractivity contribution < 1.29 is 22.7 Å². The molecule has 0 heterocycles. The van der Waals surface area contributed by atoms with Crippen LogP contribution in [0.4, 0.5) is 0 Å². The van der Waals surface area contributed by atoms with Crippen molar-refractivity contribution in [2.24, 2.45) is 0 Å². The Hall–Kier alpha value is -2.33. The normalized spacial score (nSPS) is 11.2. The molecule has 2 aromatic rings. The van der Waals surface area contributed by atoms with E-state index in [0.717, 1.165) is 0 Å². The zero-order valence-corrected chi connectivity index (χ0v) is 18.6. The molecule has 0 unspecified atom stereocenters. The number of rotatable bonds is 8. The molecule has 0 aliphatic heterocycles. The molecule has 0 aliphatic carbocycles. The number of amides is 2. The number of halogens is 2. The number of carbonyl (C=O) groups excluding carboxylic acids is 2. The molecule has 30 heavy (non-hydrogen) atoms. The Morgan fingerprint density at radius 2 is 1.70 bits per heavy atom. The van der Waals surface area contributed by atoms with Gasteiger partial charge in [0.2, 0.25) is 10.0 Å². The van der Waals surface area contributed by atoms with Crippen LogP contribution in [-0.2, 0) is 14.8 Å². The first-order valence-electron chi connectivity index (χ1n) is 8.96. The largest absolute Gasteiger partial charge is 0.484 e. The molecule has 2 amide bonds. The molecule has 0 radical (unpaired) electrons. The quantitative estimate of drug-likeness (QED) is 0.573. The van der Waals surface area contributed by atoms with Crippen LogP contribution >= 0.6 is 23.2 Å². The van der Waals surface area contributed by atoms with Crippen molar-refractivity contribution in [3.63, 3.8) is 0 Å². The average Bonchev–Trinajstić information content (AvgIpc) is 2.73. The molecule has 0 aromatic heterocycles. The summed E-state index contributed by atoms with van der Waals surface area (Å²) in [6, 6.07) is 10.1. The van der Waals surface area contributed by atoms with Crippen molar-refractivity contribution in [2.45, 2.75) is 18.7 Å². The van der Waals surface area contributed by atoms with Crippen LogP contribution in [0.15, 0.2) is 47.4 Å². The number of nitrogens with zero attached hydrogens (tertiary/aromatic N) is 1. The van der Waals surface area contributed by atoms with Crippen LogP contribution in [0.5, 0.6) is 5.75 Å². The van der Waals surface area contributed by atoms with Crippen LogP contribution in [0.3, 0.4) is 0 Å². The van der Waals surface area contributed by atoms with Crippen molar-refractivity contribution in [1.29, 1.82) is 0 Å². The molecule has 8 nitrogen and oxygen atoms in total. The molecule has 11 heteroatoms. The van der Waals surface area contributed by atoms with Crippen LogP contribution in [-0.4, -0.2) is 44.2 Å². The molecule has 0 atom stereocenters. The highest BCUT2D eigenvalue weighted by atomic mass is 35.5. The van der Waals surface area contributed by atoms with Crippen LogP contribution in [0, 0.1) is 0 Å². The number of sulfonamides is 1. The van der Waals surface area contributed by atoms with E-state index in [1.54, 1.807) is 19.9 Å². The number of benzene rings is 2. The third-order valence-electron chi connectivity index (χ3n) is 4.02. The van der Waals surface area contributed by atoms with Gasteiger partial charge < -0.3 is 4.74 Å². The number of hydrogen-bond donors (Lipinski definition) is 2. The van der Waals surface area contributed by atoms with E-state index in [4.69, 9.17) is 27.9 Å². The highest BCUT2D eigenvalue weighted by Crippen LogP contribution is 2.26. The minimum absolute atomic E-state index is 0.00636. The lowest BCUT2D eigenvalue weighted by Gasteiger charge is -2.18. The van der Waals surface area contributed by atoms with Crippen molar-refractivity contribution in [2.75, 3.05) is 19.7 Å². The Kier molecular flexibility index (Phi) is 8.48. The zero-order valence-electron chi connectivity index (χ0n) is 16.3. The number of nitrogens with one attached hydrogen (secondary N) is 2. The molecule has 0 spiro atoms. The molecular weight excluding hydrogens is 453 g/mol. The SMILES string of the molecule is CCN(CC)S(=O)(=O)c1cccc(C(=O)NNC(=O)COc2ccc(Cl)c(Cl)c2)c1. The summed E-state index contributed by atoms with van der Waals surface area (Å²) in [5.74, 6) is -0.962. The molecule has 2 rings (SSSR count). The number of carbonyl (C=O) groups is 2. The summed E-state index contributed by atoms with van der Waals surface area (Å²) in [5.41, 5.74) is 4.49. The van der Waals surface area contributed by atoms with Gasteiger partial charge in [0.15, 0.2) is 6.61 Å². The van der Waals surface area contributed by atoms with E-state index in [1.165, 1.54) is 40.7 Å². The summed E-state index contributed by atoms with van der Waals surface area (Å²) in [6.45, 7) is 3.70. The van der Waals surface area contributed by atoms with Crippen molar-refractivity contribution in [1.82, 2.24) is 15.2 Å². The molecule has 162 valence electrons. The third-order valence-corrected chi connectivity index (χ3v) is 6.80. The van der Waals surface area contributed by atoms with Gasteiger partial charge in [0.1, 0.15) is 5.75 Å². The van der Waals surface area contributed by atoms with Gasteiger partial charge in [-0.15, -0.1) is 0 Å². The van der Waals surface area contributed by atoms with Gasteiger partial charge in [-0.05, 0) is 30.3 Å². The van der Waals surface area contributed by atoms with Gasteiger partial charge in [-0.25, -0.2) is 8.42 Å². The molecule has 2 aromatic carbocycles. The summed E-state index contributed by atoms with van der Waals surface area (Å²) in [5, 5.41) is 0.633. The second-order valence-corrected chi connectivity index (χ2v) is 8.74. The van der Waals surface area contributed by atoms with E-state index < -0.39 is 21.8 Å². The van der Waals surface area contributed by atoms with Gasteiger partial charge in [-0.2, -0.15) is 4.31 Å². The topological polar surface area (TPSA) is 105 Å². The monoisotopic (exact) mass is 473 g/mol. The molecule has 0 saturated carbocycles. The Balaban J connectivity index is 1.96. The van der Waals surface area contributed by atoms with Crippen LogP contribution in [0.2, 0.25) is 10.0 Å². The summed E-state index contributed by atoms with van der Waals surface area (Å²) < 4.78 is 31.7. The summed E-state index contributed by atoms with van der Waals surface area (Å²) in [6.07, 6.45) is 0. The lowest BCUT2D eigenvalue weighted by Crippen LogP contribution is -2.43. The number of ether oxygens (including phenoxy) is 1. The highest BCUT2D eigenvalue weighted by Gasteiger charge is 2.22. The van der Waals surface area contributed by atoms with E-state index >= 15 is 0 Å². The first-order chi connectivity index (χ1) is 14.2. The van der Waals surface area contributed by atoms with E-state index in [2.05, 4.69) is 10.9 Å². The Morgan fingerprint density at radius 3 is 2.33 bits per heavy atom. The Morgan fingerprint density at radius 1 is 1.00 bits per heavy atom. The Bertz CT molecular complexity index is 1030. The third kappa shape index (κ3) is 6.09. The van der Waals surface area contributed by atoms with Gasteiger partial charge in [0, 0.05) is 24.7 Å². The maximum Gasteiger partial charge on any atom is 0.276 e. The smallest absolute Gasteiger partial charge is 0.276 e. The van der Waals surface area contributed by atoms with E-state index in [0.29, 0.717) is 23.9 Å². The van der Waals surface area contributed by atoms with Gasteiger partial charge in [-0.1, -0.05) is 43.1 Å². The zero-order chi connectivity index (χ0) is 22.3. The summed E-state index contributed by atoms with van der Waals surface area (Å²) in [4.78, 5) is 24.2. The van der Waals surface area contributed by atoms with Crippen molar-refractivity contribution in [3.05, 3.63) is 58.1 Å². The lowest BCUT2D eigenvalue weighted by atomic mass is 10.2. The fourth-order valence-corrected chi connectivity index (χ4v) is 4.25. The molecule has 0 aliphatic rings. The molecule has 2 N–H and O–H groups in total. The van der Waals surface area contributed by atoms with E-state index in [1.807, 2.05) is 0 Å². The molecule has 0 fully saturated rings. The first kappa shape index (κ1) is 23.9. The predicted molar refractivity (Wildman–Crippen MR) is 114 cm³/mol. The average molecular weight is 474 g/mol. The lowest BCUT2D eigenvalue weighted by molar-refractivity contribution is -0.123. The predicted octanol–water partition coefficient (Wildman–Crippen LogP) is 2.86. The van der Waals surface area contributed by atoms with Gasteiger partial charge in [0.05, 0.1) is 14.9 Å². The maximum atomic E-state index is 12.6. The minimum Gasteiger partial charge on any atom is -0.484 e. The Labute approximate surface area is 185 Å². The van der Waals surface area contributed by atoms with Crippen molar-refractivity contribution >= 4 is 45.0 Å². The van der Waals surface area contributed by atoms with Crippen LogP contribution < -0.4 is 15.6 Å². The summed E-state index contributed by atoms with van der Waals surface area (Å²) >= 11 is 11.7. The van der Waals surface area contributed by atoms with Crippen LogP contribution in [0.25, 0.3) is 0 Å². The first-order valence-corrected chi connectivity index (χ1v) is 11.2. The number of hydrogen-bond acceptors (Lipinski definition) is 5. The van der Waals surface area contributed by atoms with E-state index in [-0.39, 0.29) is 22.1 Å². The van der Waals surface area contributed by atoms with Crippen molar-refractivity contribution in [3.8, 4) is 5.75 Å². The van der Waals surface area contributed by atoms with Crippen LogP contribution in [0.1, 0.15) is 24.2 Å². The molecule has 0 saturated heterocycles. The standard InChI is InChI=1S/C19H21Cl2N3O5S/c1-3-24(4-2)30(27,28)15-7-5-6-13(10-15)19(26)23-22-18(25)12-29-14-8-9-16(20)17(21)11-14/h5-11H,3-4,12H2,1-2H3,(H,22,25)(H,23,26). The highest BCUT2D eigenvalue weighted by molar-refractivity contribution is 7.89. The second kappa shape index (κ2) is 10.6. The number of hydrazine groups is 1. The summed E-state index contributed by atoms with van der Waals surface area (Å²) in [7, 11) is -3.71. The van der Waals surface area contributed by atoms with Gasteiger partial charge in [-0.3, -0.25) is 20.4 Å².